The van der Waals surface area contributed by atoms with E-state index in [1.165, 1.54) is 0 Å². The van der Waals surface area contributed by atoms with Gasteiger partial charge in [-0.15, -0.1) is 0 Å². The second-order valence-corrected chi connectivity index (χ2v) is 4.64. The van der Waals surface area contributed by atoms with E-state index in [-0.39, 0.29) is 12.1 Å². The Bertz CT molecular complexity index is 358. The van der Waals surface area contributed by atoms with Gasteiger partial charge in [0.05, 0.1) is 0 Å². The van der Waals surface area contributed by atoms with Crippen LogP contribution in [0.25, 0.3) is 0 Å². The van der Waals surface area contributed by atoms with E-state index in [9.17, 15) is 4.79 Å². The van der Waals surface area contributed by atoms with Gasteiger partial charge in [0, 0.05) is 0 Å². The number of nitrogens with two attached hydrogens (primary N) is 1. The maximum absolute atomic E-state index is 11.8. The fourth-order valence-electron chi connectivity index (χ4n) is 2.21. The van der Waals surface area contributed by atoms with Gasteiger partial charge in [0.1, 0.15) is 12.1 Å². The third kappa shape index (κ3) is 5.43. The molecule has 0 aromatic heterocycles. The maximum Gasteiger partial charge on any atom is 0.323 e. The van der Waals surface area contributed by atoms with Crippen molar-refractivity contribution in [3.8, 4) is 0 Å². The molecule has 0 bridgehead atoms. The van der Waals surface area contributed by atoms with Crippen molar-refractivity contribution in [2.75, 3.05) is 0 Å². The molecule has 0 aliphatic heterocycles. The van der Waals surface area contributed by atoms with E-state index in [1.54, 1.807) is 0 Å². The molecule has 0 radical (unpaired) electrons. The molecule has 1 aromatic carbocycles. The minimum absolute atomic E-state index is 0.101. The lowest BCUT2D eigenvalue weighted by Gasteiger charge is -2.15. The molecule has 19 heavy (non-hydrogen) atoms. The Balaban J connectivity index is 0.000000861. The molecule has 0 amide bonds. The molecular weight excluding hydrogens is 238 g/mol. The molecule has 1 unspecified atom stereocenters. The fourth-order valence-corrected chi connectivity index (χ4v) is 2.21. The van der Waals surface area contributed by atoms with Gasteiger partial charge in [0.15, 0.2) is 0 Å². The van der Waals surface area contributed by atoms with Crippen molar-refractivity contribution in [1.82, 2.24) is 0 Å². The Morgan fingerprint density at radius 1 is 1.26 bits per heavy atom. The van der Waals surface area contributed by atoms with Gasteiger partial charge in [-0.05, 0) is 37.7 Å². The van der Waals surface area contributed by atoms with Crippen molar-refractivity contribution < 1.29 is 9.53 Å². The van der Waals surface area contributed by atoms with Crippen LogP contribution in [0, 0.1) is 0 Å². The monoisotopic (exact) mass is 263 g/mol. The number of carbonyl (C=O) groups excluding carboxylic acids is 1. The number of carbonyl (C=O) groups is 1. The van der Waals surface area contributed by atoms with E-state index < -0.39 is 6.04 Å². The van der Waals surface area contributed by atoms with Crippen molar-refractivity contribution in [2.45, 2.75) is 58.1 Å². The molecule has 2 rings (SSSR count). The van der Waals surface area contributed by atoms with Crippen LogP contribution in [-0.2, 0) is 16.0 Å². The lowest BCUT2D eigenvalue weighted by atomic mass is 10.1. The third-order valence-corrected chi connectivity index (χ3v) is 3.19. The SMILES string of the molecule is CC.NC(Cc1ccccc1)C(=O)OC1CCCC1. The molecule has 1 atom stereocenters. The first-order valence-electron chi connectivity index (χ1n) is 7.25. The van der Waals surface area contributed by atoms with Crippen LogP contribution in [0.15, 0.2) is 30.3 Å². The van der Waals surface area contributed by atoms with Gasteiger partial charge in [-0.2, -0.15) is 0 Å². The molecule has 3 nitrogen and oxygen atoms in total. The van der Waals surface area contributed by atoms with Crippen LogP contribution < -0.4 is 5.73 Å². The Hall–Kier alpha value is -1.35. The average Bonchev–Trinajstić information content (AvgIpc) is 2.95. The van der Waals surface area contributed by atoms with E-state index >= 15 is 0 Å². The summed E-state index contributed by atoms with van der Waals surface area (Å²) in [5.74, 6) is -0.263. The highest BCUT2D eigenvalue weighted by molar-refractivity contribution is 5.76. The third-order valence-electron chi connectivity index (χ3n) is 3.19. The summed E-state index contributed by atoms with van der Waals surface area (Å²) in [6.07, 6.45) is 4.95. The number of hydrogen-bond acceptors (Lipinski definition) is 3. The van der Waals surface area contributed by atoms with Crippen molar-refractivity contribution in [3.05, 3.63) is 35.9 Å². The number of benzene rings is 1. The normalized spacial score (nSPS) is 16.4. The summed E-state index contributed by atoms with van der Waals surface area (Å²) >= 11 is 0. The van der Waals surface area contributed by atoms with E-state index in [0.717, 1.165) is 31.2 Å². The van der Waals surface area contributed by atoms with Gasteiger partial charge in [-0.25, -0.2) is 0 Å². The molecule has 0 saturated heterocycles. The Morgan fingerprint density at radius 2 is 1.84 bits per heavy atom. The van der Waals surface area contributed by atoms with Gasteiger partial charge in [-0.3, -0.25) is 4.79 Å². The zero-order chi connectivity index (χ0) is 14.1. The molecule has 0 spiro atoms. The maximum atomic E-state index is 11.8. The van der Waals surface area contributed by atoms with E-state index in [2.05, 4.69) is 0 Å². The van der Waals surface area contributed by atoms with Gasteiger partial charge in [0.25, 0.3) is 0 Å². The second kappa shape index (κ2) is 8.70. The Kier molecular flexibility index (Phi) is 7.19. The van der Waals surface area contributed by atoms with Crippen LogP contribution in [0.4, 0.5) is 0 Å². The molecule has 1 aliphatic rings. The summed E-state index contributed by atoms with van der Waals surface area (Å²) in [6.45, 7) is 4.00. The highest BCUT2D eigenvalue weighted by Crippen LogP contribution is 2.21. The van der Waals surface area contributed by atoms with Crippen molar-refractivity contribution in [3.63, 3.8) is 0 Å². The number of rotatable bonds is 4. The summed E-state index contributed by atoms with van der Waals surface area (Å²) in [5.41, 5.74) is 6.93. The molecule has 0 heterocycles. The van der Waals surface area contributed by atoms with Gasteiger partial charge >= 0.3 is 5.97 Å². The summed E-state index contributed by atoms with van der Waals surface area (Å²) in [5, 5.41) is 0. The van der Waals surface area contributed by atoms with Gasteiger partial charge in [0.2, 0.25) is 0 Å². The van der Waals surface area contributed by atoms with Crippen molar-refractivity contribution >= 4 is 5.97 Å². The average molecular weight is 263 g/mol. The van der Waals surface area contributed by atoms with Crippen LogP contribution in [0.5, 0.6) is 0 Å². The predicted octanol–water partition coefficient (Wildman–Crippen LogP) is 3.07. The first kappa shape index (κ1) is 15.7. The van der Waals surface area contributed by atoms with Crippen LogP contribution in [0.1, 0.15) is 45.1 Å². The molecule has 2 N–H and O–H groups in total. The molecule has 1 fully saturated rings. The Morgan fingerprint density at radius 3 is 2.42 bits per heavy atom. The lowest BCUT2D eigenvalue weighted by Crippen LogP contribution is -2.36. The summed E-state index contributed by atoms with van der Waals surface area (Å²) in [7, 11) is 0. The molecular formula is C16H25NO2. The van der Waals surface area contributed by atoms with Crippen LogP contribution in [0.2, 0.25) is 0 Å². The largest absolute Gasteiger partial charge is 0.461 e. The van der Waals surface area contributed by atoms with Crippen molar-refractivity contribution in [2.24, 2.45) is 5.73 Å². The lowest BCUT2D eigenvalue weighted by molar-refractivity contribution is -0.150. The van der Waals surface area contributed by atoms with E-state index in [0.29, 0.717) is 6.42 Å². The number of esters is 1. The fraction of sp³-hybridized carbons (Fsp3) is 0.562. The zero-order valence-electron chi connectivity index (χ0n) is 12.0. The first-order chi connectivity index (χ1) is 9.25. The minimum atomic E-state index is -0.544. The number of hydrogen-bond donors (Lipinski definition) is 1. The molecule has 1 aromatic rings. The van der Waals surface area contributed by atoms with E-state index in [1.807, 2.05) is 44.2 Å². The molecule has 106 valence electrons. The topological polar surface area (TPSA) is 52.3 Å². The molecule has 3 heteroatoms. The summed E-state index contributed by atoms with van der Waals surface area (Å²) < 4.78 is 5.38. The van der Waals surface area contributed by atoms with Crippen LogP contribution in [0.3, 0.4) is 0 Å². The van der Waals surface area contributed by atoms with Gasteiger partial charge in [-0.1, -0.05) is 44.2 Å². The molecule has 1 aliphatic carbocycles. The standard InChI is InChI=1S/C14H19NO2.C2H6/c15-13(10-11-6-2-1-3-7-11)14(16)17-12-8-4-5-9-12;1-2/h1-3,6-7,12-13H,4-5,8-10,15H2;1-2H3. The predicted molar refractivity (Wildman–Crippen MR) is 77.8 cm³/mol. The van der Waals surface area contributed by atoms with Crippen LogP contribution in [-0.4, -0.2) is 18.1 Å². The number of ether oxygens (including phenoxy) is 1. The highest BCUT2D eigenvalue weighted by Gasteiger charge is 2.23. The zero-order valence-corrected chi connectivity index (χ0v) is 12.0. The van der Waals surface area contributed by atoms with Gasteiger partial charge < -0.3 is 10.5 Å². The quantitative estimate of drug-likeness (QED) is 0.849. The first-order valence-corrected chi connectivity index (χ1v) is 7.25. The Labute approximate surface area is 116 Å². The minimum Gasteiger partial charge on any atom is -0.461 e. The summed E-state index contributed by atoms with van der Waals surface area (Å²) in [6, 6.07) is 9.25. The van der Waals surface area contributed by atoms with Crippen LogP contribution >= 0.6 is 0 Å². The van der Waals surface area contributed by atoms with Crippen molar-refractivity contribution in [1.29, 1.82) is 0 Å². The highest BCUT2D eigenvalue weighted by atomic mass is 16.5. The molecule has 1 saturated carbocycles. The smallest absolute Gasteiger partial charge is 0.323 e. The van der Waals surface area contributed by atoms with E-state index in [4.69, 9.17) is 10.5 Å². The summed E-state index contributed by atoms with van der Waals surface area (Å²) in [4.78, 5) is 11.8. The second-order valence-electron chi connectivity index (χ2n) is 4.64.